The Hall–Kier alpha value is -1.64. The number of sulfonamides is 1. The van der Waals surface area contributed by atoms with Gasteiger partial charge in [-0.1, -0.05) is 6.07 Å². The van der Waals surface area contributed by atoms with Crippen LogP contribution in [0.4, 0.5) is 4.39 Å². The van der Waals surface area contributed by atoms with Crippen molar-refractivity contribution in [1.82, 2.24) is 4.72 Å². The largest absolute Gasteiger partial charge is 0.493 e. The molecule has 0 aliphatic heterocycles. The highest BCUT2D eigenvalue weighted by atomic mass is 79.9. The van der Waals surface area contributed by atoms with Crippen LogP contribution in [0.5, 0.6) is 11.5 Å². The van der Waals surface area contributed by atoms with Crippen molar-refractivity contribution in [3.05, 3.63) is 52.3 Å². The fourth-order valence-corrected chi connectivity index (χ4v) is 4.11. The standard InChI is InChI=1S/C16H17BrFNO4S/c1-3-23-14-6-4-11(8-15(14)22-2)10-19-24(20,21)16-7-5-12(18)9-13(16)17/h4-9,19H,3,10H2,1-2H3. The lowest BCUT2D eigenvalue weighted by molar-refractivity contribution is 0.310. The molecule has 0 saturated carbocycles. The second-order valence-corrected chi connectivity index (χ2v) is 7.41. The van der Waals surface area contributed by atoms with Crippen LogP contribution in [0.15, 0.2) is 45.8 Å². The van der Waals surface area contributed by atoms with E-state index in [1.807, 2.05) is 6.92 Å². The van der Waals surface area contributed by atoms with E-state index in [2.05, 4.69) is 20.7 Å². The minimum atomic E-state index is -3.78. The zero-order valence-corrected chi connectivity index (χ0v) is 15.6. The smallest absolute Gasteiger partial charge is 0.241 e. The summed E-state index contributed by atoms with van der Waals surface area (Å²) in [4.78, 5) is -0.0261. The molecule has 0 unspecified atom stereocenters. The number of hydrogen-bond donors (Lipinski definition) is 1. The fourth-order valence-electron chi connectivity index (χ4n) is 2.05. The summed E-state index contributed by atoms with van der Waals surface area (Å²) >= 11 is 3.06. The summed E-state index contributed by atoms with van der Waals surface area (Å²) in [5.41, 5.74) is 0.706. The van der Waals surface area contributed by atoms with Crippen molar-refractivity contribution < 1.29 is 22.3 Å². The van der Waals surface area contributed by atoms with Crippen molar-refractivity contribution in [3.63, 3.8) is 0 Å². The van der Waals surface area contributed by atoms with Gasteiger partial charge in [-0.15, -0.1) is 0 Å². The van der Waals surface area contributed by atoms with Crippen LogP contribution in [0.2, 0.25) is 0 Å². The van der Waals surface area contributed by atoms with Gasteiger partial charge in [0.25, 0.3) is 0 Å². The van der Waals surface area contributed by atoms with Crippen molar-refractivity contribution >= 4 is 26.0 Å². The van der Waals surface area contributed by atoms with Crippen molar-refractivity contribution in [3.8, 4) is 11.5 Å². The Morgan fingerprint density at radius 1 is 1.17 bits per heavy atom. The molecular weight excluding hydrogens is 401 g/mol. The van der Waals surface area contributed by atoms with Crippen LogP contribution in [0.25, 0.3) is 0 Å². The van der Waals surface area contributed by atoms with Gasteiger partial charge in [0.05, 0.1) is 18.6 Å². The number of rotatable bonds is 7. The van der Waals surface area contributed by atoms with E-state index in [4.69, 9.17) is 9.47 Å². The number of halogens is 2. The summed E-state index contributed by atoms with van der Waals surface area (Å²) in [6.07, 6.45) is 0. The molecule has 0 bridgehead atoms. The Morgan fingerprint density at radius 3 is 2.54 bits per heavy atom. The molecule has 0 fully saturated rings. The van der Waals surface area contributed by atoms with Crippen LogP contribution in [-0.4, -0.2) is 22.1 Å². The molecule has 2 rings (SSSR count). The van der Waals surface area contributed by atoms with E-state index in [9.17, 15) is 12.8 Å². The number of ether oxygens (including phenoxy) is 2. The molecule has 5 nitrogen and oxygen atoms in total. The van der Waals surface area contributed by atoms with Crippen LogP contribution in [0.3, 0.4) is 0 Å². The Labute approximate surface area is 149 Å². The highest BCUT2D eigenvalue weighted by Crippen LogP contribution is 2.28. The molecular formula is C16H17BrFNO4S. The fraction of sp³-hybridized carbons (Fsp3) is 0.250. The van der Waals surface area contributed by atoms with E-state index < -0.39 is 15.8 Å². The SMILES string of the molecule is CCOc1ccc(CNS(=O)(=O)c2ccc(F)cc2Br)cc1OC. The van der Waals surface area contributed by atoms with Gasteiger partial charge in [0.1, 0.15) is 5.82 Å². The van der Waals surface area contributed by atoms with Crippen LogP contribution in [0.1, 0.15) is 12.5 Å². The lowest BCUT2D eigenvalue weighted by Crippen LogP contribution is -2.23. The molecule has 8 heteroatoms. The number of hydrogen-bond acceptors (Lipinski definition) is 4. The van der Waals surface area contributed by atoms with E-state index in [-0.39, 0.29) is 15.9 Å². The minimum Gasteiger partial charge on any atom is -0.493 e. The molecule has 0 aromatic heterocycles. The van der Waals surface area contributed by atoms with Gasteiger partial charge >= 0.3 is 0 Å². The van der Waals surface area contributed by atoms with Crippen LogP contribution in [-0.2, 0) is 16.6 Å². The van der Waals surface area contributed by atoms with Gasteiger partial charge in [-0.05, 0) is 58.7 Å². The molecule has 0 amide bonds. The normalized spacial score (nSPS) is 11.3. The van der Waals surface area contributed by atoms with Crippen molar-refractivity contribution in [2.24, 2.45) is 0 Å². The minimum absolute atomic E-state index is 0.0261. The Kier molecular flexibility index (Phi) is 6.20. The van der Waals surface area contributed by atoms with Crippen LogP contribution >= 0.6 is 15.9 Å². The Bertz CT molecular complexity index is 827. The highest BCUT2D eigenvalue weighted by molar-refractivity contribution is 9.10. The van der Waals surface area contributed by atoms with Gasteiger partial charge in [-0.2, -0.15) is 0 Å². The molecule has 1 N–H and O–H groups in total. The predicted octanol–water partition coefficient (Wildman–Crippen LogP) is 3.47. The van der Waals surface area contributed by atoms with Crippen molar-refractivity contribution in [2.45, 2.75) is 18.4 Å². The third-order valence-electron chi connectivity index (χ3n) is 3.18. The third-order valence-corrected chi connectivity index (χ3v) is 5.56. The molecule has 0 atom stereocenters. The number of nitrogens with one attached hydrogen (secondary N) is 1. The molecule has 130 valence electrons. The molecule has 0 aliphatic rings. The molecule has 2 aromatic rings. The monoisotopic (exact) mass is 417 g/mol. The lowest BCUT2D eigenvalue weighted by Gasteiger charge is -2.12. The van der Waals surface area contributed by atoms with Gasteiger partial charge in [0.2, 0.25) is 10.0 Å². The van der Waals surface area contributed by atoms with Crippen molar-refractivity contribution in [2.75, 3.05) is 13.7 Å². The molecule has 0 spiro atoms. The molecule has 0 heterocycles. The summed E-state index contributed by atoms with van der Waals surface area (Å²) < 4.78 is 51.1. The van der Waals surface area contributed by atoms with E-state index >= 15 is 0 Å². The van der Waals surface area contributed by atoms with E-state index in [0.717, 1.165) is 12.1 Å². The summed E-state index contributed by atoms with van der Waals surface area (Å²) in [5, 5.41) is 0. The van der Waals surface area contributed by atoms with Crippen molar-refractivity contribution in [1.29, 1.82) is 0 Å². The van der Waals surface area contributed by atoms with E-state index in [0.29, 0.717) is 23.7 Å². The number of benzene rings is 2. The average Bonchev–Trinajstić information content (AvgIpc) is 2.53. The summed E-state index contributed by atoms with van der Waals surface area (Å²) in [7, 11) is -2.27. The Balaban J connectivity index is 2.17. The molecule has 0 aliphatic carbocycles. The molecule has 2 aromatic carbocycles. The van der Waals surface area contributed by atoms with E-state index in [1.165, 1.54) is 13.2 Å². The van der Waals surface area contributed by atoms with Gasteiger partial charge in [-0.3, -0.25) is 0 Å². The quantitative estimate of drug-likeness (QED) is 0.748. The number of methoxy groups -OCH3 is 1. The van der Waals surface area contributed by atoms with Gasteiger partial charge < -0.3 is 9.47 Å². The first-order valence-corrected chi connectivity index (χ1v) is 9.39. The Morgan fingerprint density at radius 2 is 1.92 bits per heavy atom. The molecule has 0 saturated heterocycles. The lowest BCUT2D eigenvalue weighted by atomic mass is 10.2. The summed E-state index contributed by atoms with van der Waals surface area (Å²) in [6.45, 7) is 2.43. The van der Waals surface area contributed by atoms with Gasteiger partial charge in [-0.25, -0.2) is 17.5 Å². The maximum atomic E-state index is 13.1. The second-order valence-electron chi connectivity index (χ2n) is 4.82. The third kappa shape index (κ3) is 4.46. The topological polar surface area (TPSA) is 64.6 Å². The first-order chi connectivity index (χ1) is 11.4. The van der Waals surface area contributed by atoms with Crippen LogP contribution < -0.4 is 14.2 Å². The first kappa shape index (κ1) is 18.7. The predicted molar refractivity (Wildman–Crippen MR) is 92.3 cm³/mol. The molecule has 0 radical (unpaired) electrons. The maximum Gasteiger partial charge on any atom is 0.241 e. The zero-order chi connectivity index (χ0) is 17.7. The second kappa shape index (κ2) is 7.96. The molecule has 24 heavy (non-hydrogen) atoms. The van der Waals surface area contributed by atoms with Gasteiger partial charge in [0.15, 0.2) is 11.5 Å². The first-order valence-electron chi connectivity index (χ1n) is 7.11. The summed E-state index contributed by atoms with van der Waals surface area (Å²) in [6, 6.07) is 8.58. The highest BCUT2D eigenvalue weighted by Gasteiger charge is 2.18. The zero-order valence-electron chi connectivity index (χ0n) is 13.2. The van der Waals surface area contributed by atoms with Gasteiger partial charge in [0, 0.05) is 11.0 Å². The maximum absolute atomic E-state index is 13.1. The van der Waals surface area contributed by atoms with E-state index in [1.54, 1.807) is 18.2 Å². The summed E-state index contributed by atoms with van der Waals surface area (Å²) in [5.74, 6) is 0.599. The average molecular weight is 418 g/mol. The van der Waals surface area contributed by atoms with Crippen LogP contribution in [0, 0.1) is 5.82 Å².